The molecule has 0 saturated heterocycles. The second-order valence-electron chi connectivity index (χ2n) is 2.60. The maximum atomic E-state index is 11.0. The number of halogens is 1. The van der Waals surface area contributed by atoms with Gasteiger partial charge in [-0.15, -0.1) is 12.4 Å². The Labute approximate surface area is 88.3 Å². The van der Waals surface area contributed by atoms with Crippen molar-refractivity contribution in [3.63, 3.8) is 0 Å². The summed E-state index contributed by atoms with van der Waals surface area (Å²) in [5.41, 5.74) is 0.0583. The molecule has 0 amide bonds. The highest BCUT2D eigenvalue weighted by Crippen LogP contribution is 2.03. The van der Waals surface area contributed by atoms with Crippen LogP contribution in [-0.2, 0) is 9.84 Å². The van der Waals surface area contributed by atoms with Gasteiger partial charge in [0, 0.05) is 24.1 Å². The first kappa shape index (κ1) is 13.4. The molecular formula is C6H9BClNO4S. The third-order valence-corrected chi connectivity index (χ3v) is 2.54. The Morgan fingerprint density at radius 2 is 1.93 bits per heavy atom. The van der Waals surface area contributed by atoms with Gasteiger partial charge in [-0.25, -0.2) is 8.42 Å². The van der Waals surface area contributed by atoms with Crippen molar-refractivity contribution in [3.8, 4) is 0 Å². The second kappa shape index (κ2) is 4.74. The SMILES string of the molecule is CS(=O)(=O)c1cncc(B(O)O)c1.Cl. The van der Waals surface area contributed by atoms with Crippen molar-refractivity contribution in [2.45, 2.75) is 4.90 Å². The summed E-state index contributed by atoms with van der Waals surface area (Å²) >= 11 is 0. The van der Waals surface area contributed by atoms with Crippen LogP contribution in [0.4, 0.5) is 0 Å². The van der Waals surface area contributed by atoms with Gasteiger partial charge in [-0.2, -0.15) is 0 Å². The van der Waals surface area contributed by atoms with Gasteiger partial charge in [0.2, 0.25) is 0 Å². The van der Waals surface area contributed by atoms with E-state index in [1.807, 2.05) is 0 Å². The summed E-state index contributed by atoms with van der Waals surface area (Å²) in [6.07, 6.45) is 3.37. The molecule has 0 aliphatic rings. The topological polar surface area (TPSA) is 87.5 Å². The lowest BCUT2D eigenvalue weighted by Crippen LogP contribution is -2.30. The number of hydrogen-bond donors (Lipinski definition) is 2. The highest BCUT2D eigenvalue weighted by Gasteiger charge is 2.15. The molecule has 1 rings (SSSR count). The van der Waals surface area contributed by atoms with Gasteiger partial charge in [-0.1, -0.05) is 0 Å². The predicted octanol–water partition coefficient (Wildman–Crippen LogP) is -1.41. The van der Waals surface area contributed by atoms with Gasteiger partial charge >= 0.3 is 7.12 Å². The van der Waals surface area contributed by atoms with Crippen LogP contribution < -0.4 is 5.46 Å². The molecule has 0 unspecified atom stereocenters. The van der Waals surface area contributed by atoms with Gasteiger partial charge in [0.25, 0.3) is 0 Å². The van der Waals surface area contributed by atoms with Crippen LogP contribution in [0.2, 0.25) is 0 Å². The monoisotopic (exact) mass is 237 g/mol. The minimum atomic E-state index is -3.34. The van der Waals surface area contributed by atoms with Crippen molar-refractivity contribution in [2.75, 3.05) is 6.26 Å². The summed E-state index contributed by atoms with van der Waals surface area (Å²) in [4.78, 5) is 3.54. The fourth-order valence-corrected chi connectivity index (χ4v) is 1.38. The van der Waals surface area contributed by atoms with Crippen LogP contribution >= 0.6 is 12.4 Å². The Morgan fingerprint density at radius 1 is 1.36 bits per heavy atom. The van der Waals surface area contributed by atoms with E-state index in [1.165, 1.54) is 12.3 Å². The van der Waals surface area contributed by atoms with Gasteiger partial charge < -0.3 is 10.0 Å². The zero-order chi connectivity index (χ0) is 10.1. The molecule has 1 aromatic heterocycles. The van der Waals surface area contributed by atoms with Gasteiger partial charge in [0.05, 0.1) is 4.90 Å². The largest absolute Gasteiger partial charge is 0.490 e. The number of nitrogens with zero attached hydrogens (tertiary/aromatic N) is 1. The van der Waals surface area contributed by atoms with Crippen molar-refractivity contribution >= 4 is 34.8 Å². The minimum Gasteiger partial charge on any atom is -0.423 e. The second-order valence-corrected chi connectivity index (χ2v) is 4.62. The maximum Gasteiger partial charge on any atom is 0.490 e. The van der Waals surface area contributed by atoms with E-state index < -0.39 is 17.0 Å². The van der Waals surface area contributed by atoms with Crippen LogP contribution in [0.3, 0.4) is 0 Å². The van der Waals surface area contributed by atoms with Crippen molar-refractivity contribution in [2.24, 2.45) is 0 Å². The van der Waals surface area contributed by atoms with E-state index in [0.29, 0.717) is 0 Å². The molecule has 0 aromatic carbocycles. The van der Waals surface area contributed by atoms with Crippen LogP contribution in [0, 0.1) is 0 Å². The Kier molecular flexibility index (Phi) is 4.53. The molecule has 1 heterocycles. The molecular weight excluding hydrogens is 228 g/mol. The molecule has 1 aromatic rings. The molecule has 14 heavy (non-hydrogen) atoms. The summed E-state index contributed by atoms with van der Waals surface area (Å²) in [5, 5.41) is 17.5. The van der Waals surface area contributed by atoms with Crippen molar-refractivity contribution < 1.29 is 18.5 Å². The van der Waals surface area contributed by atoms with E-state index in [4.69, 9.17) is 10.0 Å². The Morgan fingerprint density at radius 3 is 2.36 bits per heavy atom. The molecule has 0 aliphatic carbocycles. The first-order chi connectivity index (χ1) is 5.91. The van der Waals surface area contributed by atoms with Gasteiger partial charge in [-0.3, -0.25) is 4.98 Å². The highest BCUT2D eigenvalue weighted by molar-refractivity contribution is 7.90. The number of sulfone groups is 1. The summed E-state index contributed by atoms with van der Waals surface area (Å²) < 4.78 is 22.0. The fraction of sp³-hybridized carbons (Fsp3) is 0.167. The third kappa shape index (κ3) is 3.26. The summed E-state index contributed by atoms with van der Waals surface area (Å²) in [5.74, 6) is 0. The van der Waals surface area contributed by atoms with Crippen LogP contribution in [0.1, 0.15) is 0 Å². The first-order valence-corrected chi connectivity index (χ1v) is 5.31. The van der Waals surface area contributed by atoms with E-state index in [2.05, 4.69) is 4.98 Å². The van der Waals surface area contributed by atoms with E-state index in [0.717, 1.165) is 12.5 Å². The zero-order valence-electron chi connectivity index (χ0n) is 7.28. The van der Waals surface area contributed by atoms with E-state index in [9.17, 15) is 8.42 Å². The summed E-state index contributed by atoms with van der Waals surface area (Å²) in [6, 6.07) is 1.17. The lowest BCUT2D eigenvalue weighted by Gasteiger charge is -2.00. The number of pyridine rings is 1. The molecule has 0 bridgehead atoms. The van der Waals surface area contributed by atoms with Gasteiger partial charge in [-0.05, 0) is 6.07 Å². The Hall–Kier alpha value is -0.625. The molecule has 5 nitrogen and oxygen atoms in total. The smallest absolute Gasteiger partial charge is 0.423 e. The maximum absolute atomic E-state index is 11.0. The van der Waals surface area contributed by atoms with E-state index >= 15 is 0 Å². The molecule has 0 saturated carbocycles. The van der Waals surface area contributed by atoms with Crippen LogP contribution in [0.15, 0.2) is 23.4 Å². The van der Waals surface area contributed by atoms with E-state index in [1.54, 1.807) is 0 Å². The fourth-order valence-electron chi connectivity index (χ4n) is 0.780. The quantitative estimate of drug-likeness (QED) is 0.617. The number of rotatable bonds is 2. The third-order valence-electron chi connectivity index (χ3n) is 1.46. The van der Waals surface area contributed by atoms with Crippen molar-refractivity contribution in [1.29, 1.82) is 0 Å². The van der Waals surface area contributed by atoms with Crippen molar-refractivity contribution in [1.82, 2.24) is 4.98 Å². The van der Waals surface area contributed by atoms with Crippen LogP contribution in [-0.4, -0.2) is 36.8 Å². The van der Waals surface area contributed by atoms with Gasteiger partial charge in [0.15, 0.2) is 9.84 Å². The highest BCUT2D eigenvalue weighted by atomic mass is 35.5. The minimum absolute atomic E-state index is 0. The summed E-state index contributed by atoms with van der Waals surface area (Å²) in [7, 11) is -5.04. The lowest BCUT2D eigenvalue weighted by molar-refractivity contribution is 0.425. The normalized spacial score (nSPS) is 10.5. The molecule has 0 radical (unpaired) electrons. The van der Waals surface area contributed by atoms with Gasteiger partial charge in [0.1, 0.15) is 0 Å². The number of hydrogen-bond acceptors (Lipinski definition) is 5. The predicted molar refractivity (Wildman–Crippen MR) is 54.4 cm³/mol. The first-order valence-electron chi connectivity index (χ1n) is 3.42. The standard InChI is InChI=1S/C6H8BNO4S.ClH/c1-13(11,12)6-2-5(7(9)10)3-8-4-6;/h2-4,9-10H,1H3;1H. The summed E-state index contributed by atoms with van der Waals surface area (Å²) in [6.45, 7) is 0. The lowest BCUT2D eigenvalue weighted by atomic mass is 9.82. The van der Waals surface area contributed by atoms with Crippen LogP contribution in [0.5, 0.6) is 0 Å². The molecule has 8 heteroatoms. The molecule has 0 aliphatic heterocycles. The average molecular weight is 237 g/mol. The molecule has 0 spiro atoms. The number of aromatic nitrogens is 1. The Bertz CT molecular complexity index is 408. The van der Waals surface area contributed by atoms with Crippen LogP contribution in [0.25, 0.3) is 0 Å². The van der Waals surface area contributed by atoms with E-state index in [-0.39, 0.29) is 22.8 Å². The molecule has 0 atom stereocenters. The average Bonchev–Trinajstić information content (AvgIpc) is 2.03. The Balaban J connectivity index is 0.00000169. The molecule has 78 valence electrons. The molecule has 0 fully saturated rings. The molecule has 2 N–H and O–H groups in total. The van der Waals surface area contributed by atoms with Crippen molar-refractivity contribution in [3.05, 3.63) is 18.5 Å². The zero-order valence-corrected chi connectivity index (χ0v) is 8.92.